The van der Waals surface area contributed by atoms with E-state index < -0.39 is 0 Å². The van der Waals surface area contributed by atoms with Crippen LogP contribution in [-0.2, 0) is 9.53 Å². The van der Waals surface area contributed by atoms with E-state index in [0.717, 1.165) is 18.6 Å². The lowest BCUT2D eigenvalue weighted by molar-refractivity contribution is -0.146. The summed E-state index contributed by atoms with van der Waals surface area (Å²) in [7, 11) is 1.47. The first kappa shape index (κ1) is 15.2. The van der Waals surface area contributed by atoms with Crippen molar-refractivity contribution >= 4 is 17.7 Å². The maximum Gasteiger partial charge on any atom is 0.308 e. The first-order valence-corrected chi connectivity index (χ1v) is 8.06. The summed E-state index contributed by atoms with van der Waals surface area (Å²) in [5.74, 6) is 1.19. The van der Waals surface area contributed by atoms with Crippen molar-refractivity contribution in [3.63, 3.8) is 0 Å². The summed E-state index contributed by atoms with van der Waals surface area (Å²) in [6.07, 6.45) is 2.18. The molecule has 0 saturated heterocycles. The highest BCUT2D eigenvalue weighted by Crippen LogP contribution is 2.39. The smallest absolute Gasteiger partial charge is 0.308 e. The Morgan fingerprint density at radius 1 is 1.40 bits per heavy atom. The highest BCUT2D eigenvalue weighted by atomic mass is 32.2. The normalized spacial score (nSPS) is 20.1. The Morgan fingerprint density at radius 2 is 2.10 bits per heavy atom. The van der Waals surface area contributed by atoms with Crippen LogP contribution in [0.4, 0.5) is 0 Å². The summed E-state index contributed by atoms with van der Waals surface area (Å²) in [5.41, 5.74) is 2.89. The molecule has 0 N–H and O–H groups in total. The van der Waals surface area contributed by atoms with E-state index >= 15 is 0 Å². The lowest BCUT2D eigenvalue weighted by atomic mass is 9.88. The molecular formula is C17H22O2S. The lowest BCUT2D eigenvalue weighted by Gasteiger charge is -2.21. The molecule has 0 fully saturated rings. The number of hydrogen-bond acceptors (Lipinski definition) is 3. The molecule has 0 heterocycles. The Hall–Kier alpha value is -1.22. The average Bonchev–Trinajstić information content (AvgIpc) is 2.85. The second-order valence-corrected chi connectivity index (χ2v) is 6.41. The van der Waals surface area contributed by atoms with Gasteiger partial charge in [-0.1, -0.05) is 36.3 Å². The van der Waals surface area contributed by atoms with E-state index in [1.165, 1.54) is 23.2 Å². The summed E-state index contributed by atoms with van der Waals surface area (Å²) in [6.45, 7) is 4.19. The van der Waals surface area contributed by atoms with Crippen LogP contribution >= 0.6 is 11.8 Å². The highest BCUT2D eigenvalue weighted by molar-refractivity contribution is 7.99. The van der Waals surface area contributed by atoms with Gasteiger partial charge in [-0.05, 0) is 37.8 Å². The molecule has 2 nitrogen and oxygen atoms in total. The lowest BCUT2D eigenvalue weighted by Crippen LogP contribution is -2.22. The molecule has 20 heavy (non-hydrogen) atoms. The van der Waals surface area contributed by atoms with E-state index in [4.69, 9.17) is 4.74 Å². The minimum atomic E-state index is -0.0908. The van der Waals surface area contributed by atoms with Gasteiger partial charge in [-0.3, -0.25) is 4.79 Å². The summed E-state index contributed by atoms with van der Waals surface area (Å²) >= 11 is 1.85. The fraction of sp³-hybridized carbons (Fsp3) is 0.471. The van der Waals surface area contributed by atoms with Gasteiger partial charge in [-0.25, -0.2) is 0 Å². The van der Waals surface area contributed by atoms with E-state index in [-0.39, 0.29) is 11.9 Å². The molecule has 0 amide bonds. The SMILES string of the molecule is COC(=O)[C@H](C)[C@@H]1CCC(C)=C1CSc1ccccc1. The molecule has 3 heteroatoms. The zero-order valence-corrected chi connectivity index (χ0v) is 13.2. The minimum Gasteiger partial charge on any atom is -0.469 e. The molecule has 108 valence electrons. The maximum absolute atomic E-state index is 11.8. The zero-order chi connectivity index (χ0) is 14.5. The number of methoxy groups -OCH3 is 1. The third kappa shape index (κ3) is 3.45. The number of thioether (sulfide) groups is 1. The minimum absolute atomic E-state index is 0.0381. The summed E-state index contributed by atoms with van der Waals surface area (Å²) in [5, 5.41) is 0. The van der Waals surface area contributed by atoms with Gasteiger partial charge < -0.3 is 4.74 Å². The molecule has 0 radical (unpaired) electrons. The van der Waals surface area contributed by atoms with Crippen molar-refractivity contribution in [2.45, 2.75) is 31.6 Å². The Labute approximate surface area is 125 Å². The van der Waals surface area contributed by atoms with Crippen molar-refractivity contribution in [1.29, 1.82) is 0 Å². The van der Waals surface area contributed by atoms with E-state index in [1.807, 2.05) is 24.8 Å². The van der Waals surface area contributed by atoms with E-state index in [0.29, 0.717) is 5.92 Å². The number of carbonyl (C=O) groups excluding carboxylic acids is 1. The second-order valence-electron chi connectivity index (χ2n) is 5.36. The summed E-state index contributed by atoms with van der Waals surface area (Å²) in [4.78, 5) is 13.1. The Balaban J connectivity index is 2.04. The van der Waals surface area contributed by atoms with E-state index in [2.05, 4.69) is 31.2 Å². The number of rotatable bonds is 5. The number of allylic oxidation sites excluding steroid dienone is 1. The molecule has 1 aromatic carbocycles. The molecule has 0 aromatic heterocycles. The fourth-order valence-electron chi connectivity index (χ4n) is 2.83. The van der Waals surface area contributed by atoms with Gasteiger partial charge in [-0.2, -0.15) is 0 Å². The molecule has 1 aliphatic carbocycles. The number of benzene rings is 1. The summed E-state index contributed by atoms with van der Waals surface area (Å²) < 4.78 is 4.90. The predicted molar refractivity (Wildman–Crippen MR) is 83.8 cm³/mol. The first-order valence-electron chi connectivity index (χ1n) is 7.07. The summed E-state index contributed by atoms with van der Waals surface area (Å²) in [6, 6.07) is 10.4. The molecule has 0 aliphatic heterocycles. The number of esters is 1. The van der Waals surface area contributed by atoms with Gasteiger partial charge in [0, 0.05) is 10.6 Å². The molecule has 1 aromatic rings. The molecule has 0 saturated carbocycles. The quantitative estimate of drug-likeness (QED) is 0.459. The van der Waals surface area contributed by atoms with Crippen LogP contribution in [0.5, 0.6) is 0 Å². The molecule has 0 spiro atoms. The Morgan fingerprint density at radius 3 is 2.75 bits per heavy atom. The zero-order valence-electron chi connectivity index (χ0n) is 12.4. The van der Waals surface area contributed by atoms with Crippen molar-refractivity contribution in [2.24, 2.45) is 11.8 Å². The van der Waals surface area contributed by atoms with Crippen molar-refractivity contribution < 1.29 is 9.53 Å². The van der Waals surface area contributed by atoms with E-state index in [9.17, 15) is 4.79 Å². The van der Waals surface area contributed by atoms with Gasteiger partial charge in [0.2, 0.25) is 0 Å². The van der Waals surface area contributed by atoms with Gasteiger partial charge in [0.25, 0.3) is 0 Å². The molecule has 0 bridgehead atoms. The molecule has 2 rings (SSSR count). The molecule has 2 atom stereocenters. The standard InChI is InChI=1S/C17H22O2S/c1-12-9-10-15(13(2)17(18)19-3)16(12)11-20-14-7-5-4-6-8-14/h4-8,13,15H,9-11H2,1-3H3/t13-,15+/m1/s1. The Bertz CT molecular complexity index is 493. The topological polar surface area (TPSA) is 26.3 Å². The van der Waals surface area contributed by atoms with Crippen LogP contribution in [0.15, 0.2) is 46.4 Å². The van der Waals surface area contributed by atoms with Crippen LogP contribution in [0.25, 0.3) is 0 Å². The number of carbonyl (C=O) groups is 1. The molecule has 0 unspecified atom stereocenters. The van der Waals surface area contributed by atoms with Gasteiger partial charge >= 0.3 is 5.97 Å². The van der Waals surface area contributed by atoms with Crippen LogP contribution in [-0.4, -0.2) is 18.8 Å². The monoisotopic (exact) mass is 290 g/mol. The predicted octanol–water partition coefficient (Wildman–Crippen LogP) is 4.31. The number of ether oxygens (including phenoxy) is 1. The van der Waals surface area contributed by atoms with Gasteiger partial charge in [0.05, 0.1) is 13.0 Å². The van der Waals surface area contributed by atoms with Crippen LogP contribution < -0.4 is 0 Å². The van der Waals surface area contributed by atoms with E-state index in [1.54, 1.807) is 0 Å². The van der Waals surface area contributed by atoms with Crippen molar-refractivity contribution in [3.05, 3.63) is 41.5 Å². The fourth-order valence-corrected chi connectivity index (χ4v) is 3.97. The van der Waals surface area contributed by atoms with Gasteiger partial charge in [0.1, 0.15) is 0 Å². The highest BCUT2D eigenvalue weighted by Gasteiger charge is 2.32. The third-order valence-electron chi connectivity index (χ3n) is 4.14. The van der Waals surface area contributed by atoms with Gasteiger partial charge in [0.15, 0.2) is 0 Å². The largest absolute Gasteiger partial charge is 0.469 e. The molecule has 1 aliphatic rings. The van der Waals surface area contributed by atoms with Crippen LogP contribution in [0, 0.1) is 11.8 Å². The van der Waals surface area contributed by atoms with Crippen molar-refractivity contribution in [1.82, 2.24) is 0 Å². The van der Waals surface area contributed by atoms with Crippen LogP contribution in [0.1, 0.15) is 26.7 Å². The van der Waals surface area contributed by atoms with Crippen molar-refractivity contribution in [2.75, 3.05) is 12.9 Å². The van der Waals surface area contributed by atoms with Crippen LogP contribution in [0.3, 0.4) is 0 Å². The third-order valence-corrected chi connectivity index (χ3v) is 5.20. The average molecular weight is 290 g/mol. The number of hydrogen-bond donors (Lipinski definition) is 0. The molecular weight excluding hydrogens is 268 g/mol. The van der Waals surface area contributed by atoms with Crippen molar-refractivity contribution in [3.8, 4) is 0 Å². The van der Waals surface area contributed by atoms with Crippen LogP contribution in [0.2, 0.25) is 0 Å². The Kier molecular flexibility index (Phi) is 5.30. The first-order chi connectivity index (χ1) is 9.63. The maximum atomic E-state index is 11.8. The van der Waals surface area contributed by atoms with Gasteiger partial charge in [-0.15, -0.1) is 11.8 Å². The second kappa shape index (κ2) is 6.98.